The number of fused-ring (bicyclic) bond motifs is 5. The Labute approximate surface area is 225 Å². The third-order valence-electron chi connectivity index (χ3n) is 8.84. The predicted molar refractivity (Wildman–Crippen MR) is 151 cm³/mol. The van der Waals surface area contributed by atoms with Crippen LogP contribution in [-0.2, 0) is 12.8 Å². The Balaban J connectivity index is 1.43. The Morgan fingerprint density at radius 2 is 1.64 bits per heavy atom. The topological polar surface area (TPSA) is 22.1 Å². The molecule has 0 unspecified atom stereocenters. The number of ether oxygens (including phenoxy) is 1. The lowest BCUT2D eigenvalue weighted by Gasteiger charge is -2.28. The third kappa shape index (κ3) is 3.97. The maximum Gasteiger partial charge on any atom is 0.394 e. The number of alkyl halides is 3. The molecule has 1 aliphatic heterocycles. The van der Waals surface area contributed by atoms with Crippen molar-refractivity contribution in [1.82, 2.24) is 4.98 Å². The number of benzene rings is 4. The zero-order valence-electron chi connectivity index (χ0n) is 22.2. The Hall–Kier alpha value is -3.60. The van der Waals surface area contributed by atoms with E-state index in [1.165, 1.54) is 55.9 Å². The number of rotatable bonds is 4. The summed E-state index contributed by atoms with van der Waals surface area (Å²) in [5.74, 6) is 2.32. The normalized spacial score (nSPS) is 15.7. The maximum atomic E-state index is 13.6. The highest BCUT2D eigenvalue weighted by atomic mass is 19.4. The lowest BCUT2D eigenvalue weighted by molar-refractivity contribution is -0.211. The molecule has 0 atom stereocenters. The van der Waals surface area contributed by atoms with Gasteiger partial charge in [-0.25, -0.2) is 0 Å². The van der Waals surface area contributed by atoms with Crippen molar-refractivity contribution in [2.45, 2.75) is 58.5 Å². The van der Waals surface area contributed by atoms with Gasteiger partial charge in [0.1, 0.15) is 11.5 Å². The Bertz CT molecular complexity index is 1760. The molecule has 7 rings (SSSR count). The summed E-state index contributed by atoms with van der Waals surface area (Å²) in [6.07, 6.45) is 3.52. The summed E-state index contributed by atoms with van der Waals surface area (Å²) in [5.41, 5.74) is 1.98. The molecule has 5 heteroatoms. The highest BCUT2D eigenvalue weighted by Crippen LogP contribution is 2.51. The van der Waals surface area contributed by atoms with Crippen LogP contribution in [0.15, 0.2) is 66.9 Å². The molecule has 39 heavy (non-hydrogen) atoms. The van der Waals surface area contributed by atoms with Crippen LogP contribution in [0, 0.1) is 11.3 Å². The number of aromatic nitrogens is 1. The van der Waals surface area contributed by atoms with Crippen molar-refractivity contribution < 1.29 is 17.9 Å². The Kier molecular flexibility index (Phi) is 5.45. The zero-order valence-corrected chi connectivity index (χ0v) is 22.2. The standard InChI is InChI=1S/C34H30F3NO/c1-33(2,34(35,36)37)19-21-11-12-23-18-29-30-25(26(23)16-21)13-14-38-31(30)28-17-22-9-5-6-10-24(22)27(32(28)39-29)15-20-7-3-4-8-20/h5-6,9-14,16-18,20H,3-4,7-8,15,19H2,1-2H3. The van der Waals surface area contributed by atoms with E-state index in [9.17, 15) is 13.2 Å². The molecule has 5 aromatic rings. The molecular formula is C34H30F3NO. The molecule has 1 aromatic heterocycles. The molecule has 2 nitrogen and oxygen atoms in total. The fraction of sp³-hybridized carbons (Fsp3) is 0.324. The summed E-state index contributed by atoms with van der Waals surface area (Å²) in [7, 11) is 0. The number of halogens is 3. The van der Waals surface area contributed by atoms with Crippen LogP contribution in [0.3, 0.4) is 0 Å². The van der Waals surface area contributed by atoms with E-state index < -0.39 is 11.6 Å². The average Bonchev–Trinajstić information content (AvgIpc) is 3.42. The van der Waals surface area contributed by atoms with E-state index in [1.54, 1.807) is 0 Å². The number of hydrogen-bond acceptors (Lipinski definition) is 2. The monoisotopic (exact) mass is 525 g/mol. The molecule has 0 bridgehead atoms. The molecule has 0 N–H and O–H groups in total. The smallest absolute Gasteiger partial charge is 0.394 e. The summed E-state index contributed by atoms with van der Waals surface area (Å²) in [6.45, 7) is 2.52. The third-order valence-corrected chi connectivity index (χ3v) is 8.84. The predicted octanol–water partition coefficient (Wildman–Crippen LogP) is 10.2. The summed E-state index contributed by atoms with van der Waals surface area (Å²) in [6, 6.07) is 20.3. The molecule has 2 aliphatic rings. The van der Waals surface area contributed by atoms with Gasteiger partial charge in [0.15, 0.2) is 0 Å². The van der Waals surface area contributed by atoms with E-state index in [4.69, 9.17) is 9.72 Å². The van der Waals surface area contributed by atoms with Crippen molar-refractivity contribution in [2.75, 3.05) is 0 Å². The van der Waals surface area contributed by atoms with E-state index in [2.05, 4.69) is 30.3 Å². The van der Waals surface area contributed by atoms with Crippen molar-refractivity contribution in [2.24, 2.45) is 11.3 Å². The minimum atomic E-state index is -4.28. The van der Waals surface area contributed by atoms with Gasteiger partial charge in [0.25, 0.3) is 0 Å². The Morgan fingerprint density at radius 1 is 0.872 bits per heavy atom. The Morgan fingerprint density at radius 3 is 2.44 bits per heavy atom. The first-order valence-electron chi connectivity index (χ1n) is 13.8. The van der Waals surface area contributed by atoms with Crippen molar-refractivity contribution >= 4 is 32.3 Å². The van der Waals surface area contributed by atoms with Gasteiger partial charge in [-0.1, -0.05) is 82.0 Å². The molecule has 1 fully saturated rings. The quantitative estimate of drug-likeness (QED) is 0.214. The molecule has 0 spiro atoms. The highest BCUT2D eigenvalue weighted by molar-refractivity contribution is 6.16. The second kappa shape index (κ2) is 8.70. The summed E-state index contributed by atoms with van der Waals surface area (Å²) in [4.78, 5) is 4.85. The first kappa shape index (κ1) is 24.4. The van der Waals surface area contributed by atoms with Gasteiger partial charge in [0, 0.05) is 17.3 Å². The van der Waals surface area contributed by atoms with Crippen LogP contribution >= 0.6 is 0 Å². The van der Waals surface area contributed by atoms with E-state index in [-0.39, 0.29) is 6.42 Å². The molecule has 2 heterocycles. The van der Waals surface area contributed by atoms with Gasteiger partial charge in [-0.05, 0) is 69.5 Å². The lowest BCUT2D eigenvalue weighted by atomic mass is 9.84. The van der Waals surface area contributed by atoms with Gasteiger partial charge in [0.05, 0.1) is 16.5 Å². The minimum absolute atomic E-state index is 0.0799. The minimum Gasteiger partial charge on any atom is -0.456 e. The summed E-state index contributed by atoms with van der Waals surface area (Å²) < 4.78 is 47.7. The van der Waals surface area contributed by atoms with Crippen LogP contribution in [0.5, 0.6) is 11.5 Å². The number of nitrogens with zero attached hydrogens (tertiary/aromatic N) is 1. The number of hydrogen-bond donors (Lipinski definition) is 0. The molecule has 4 aromatic carbocycles. The van der Waals surface area contributed by atoms with Gasteiger partial charge in [-0.3, -0.25) is 4.98 Å². The van der Waals surface area contributed by atoms with Gasteiger partial charge in [-0.15, -0.1) is 0 Å². The molecule has 198 valence electrons. The fourth-order valence-corrected chi connectivity index (χ4v) is 6.63. The average molecular weight is 526 g/mol. The van der Waals surface area contributed by atoms with Gasteiger partial charge in [-0.2, -0.15) is 13.2 Å². The molecule has 0 saturated heterocycles. The first-order chi connectivity index (χ1) is 18.7. The fourth-order valence-electron chi connectivity index (χ4n) is 6.63. The van der Waals surface area contributed by atoms with Crippen LogP contribution < -0.4 is 4.74 Å². The van der Waals surface area contributed by atoms with Crippen LogP contribution in [0.1, 0.15) is 50.7 Å². The van der Waals surface area contributed by atoms with E-state index in [1.807, 2.05) is 36.5 Å². The maximum absolute atomic E-state index is 13.6. The second-order valence-electron chi connectivity index (χ2n) is 12.0. The van der Waals surface area contributed by atoms with Crippen molar-refractivity contribution in [3.63, 3.8) is 0 Å². The molecule has 1 saturated carbocycles. The van der Waals surface area contributed by atoms with Crippen LogP contribution in [0.2, 0.25) is 0 Å². The number of pyridine rings is 1. The molecule has 1 aliphatic carbocycles. The van der Waals surface area contributed by atoms with E-state index in [0.29, 0.717) is 11.5 Å². The van der Waals surface area contributed by atoms with Crippen molar-refractivity contribution in [3.05, 3.63) is 78.0 Å². The summed E-state index contributed by atoms with van der Waals surface area (Å²) >= 11 is 0. The van der Waals surface area contributed by atoms with Crippen LogP contribution in [0.25, 0.3) is 43.6 Å². The van der Waals surface area contributed by atoms with E-state index in [0.717, 1.165) is 50.7 Å². The van der Waals surface area contributed by atoms with Gasteiger partial charge >= 0.3 is 6.18 Å². The van der Waals surface area contributed by atoms with Gasteiger partial charge < -0.3 is 4.74 Å². The summed E-state index contributed by atoms with van der Waals surface area (Å²) in [5, 5.41) is 6.16. The molecular weight excluding hydrogens is 495 g/mol. The second-order valence-corrected chi connectivity index (χ2v) is 12.0. The molecule has 0 amide bonds. The van der Waals surface area contributed by atoms with E-state index >= 15 is 0 Å². The van der Waals surface area contributed by atoms with Crippen LogP contribution in [-0.4, -0.2) is 11.2 Å². The molecule has 0 radical (unpaired) electrons. The van der Waals surface area contributed by atoms with Gasteiger partial charge in [0.2, 0.25) is 0 Å². The first-order valence-corrected chi connectivity index (χ1v) is 13.8. The highest BCUT2D eigenvalue weighted by Gasteiger charge is 2.47. The van der Waals surface area contributed by atoms with Crippen LogP contribution in [0.4, 0.5) is 13.2 Å². The lowest BCUT2D eigenvalue weighted by Crippen LogP contribution is -2.34. The van der Waals surface area contributed by atoms with Crippen molar-refractivity contribution in [3.8, 4) is 22.8 Å². The zero-order chi connectivity index (χ0) is 26.9. The SMILES string of the molecule is CC(C)(Cc1ccc2cc3c4c(nccc4c2c1)-c1cc2ccccc2c(CC2CCCC2)c1O3)C(F)(F)F. The van der Waals surface area contributed by atoms with Crippen molar-refractivity contribution in [1.29, 1.82) is 0 Å². The largest absolute Gasteiger partial charge is 0.456 e.